The number of likely N-dealkylation sites (N-methyl/N-ethyl adjacent to an activating group) is 1. The van der Waals surface area contributed by atoms with Gasteiger partial charge in [0.05, 0.1) is 0 Å². The SMILES string of the molecule is Cc1cc(Nc2nc(Sc3ccc(NC(=O)C4CC4)cc3)nc(N3CCN(C)CC3)n2)n[nH]1. The number of piperazine rings is 1. The van der Waals surface area contributed by atoms with Gasteiger partial charge in [-0.1, -0.05) is 0 Å². The Morgan fingerprint density at radius 2 is 1.85 bits per heavy atom. The minimum atomic E-state index is 0.106. The molecular formula is C22H27N9OS. The van der Waals surface area contributed by atoms with Crippen LogP contribution in [0.5, 0.6) is 0 Å². The zero-order chi connectivity index (χ0) is 22.8. The van der Waals surface area contributed by atoms with Crippen LogP contribution in [0, 0.1) is 12.8 Å². The van der Waals surface area contributed by atoms with E-state index >= 15 is 0 Å². The number of nitrogens with one attached hydrogen (secondary N) is 3. The Morgan fingerprint density at radius 1 is 1.09 bits per heavy atom. The minimum Gasteiger partial charge on any atom is -0.338 e. The summed E-state index contributed by atoms with van der Waals surface area (Å²) in [5.41, 5.74) is 1.76. The molecule has 10 nitrogen and oxygen atoms in total. The van der Waals surface area contributed by atoms with Crippen molar-refractivity contribution in [3.63, 3.8) is 0 Å². The van der Waals surface area contributed by atoms with Crippen LogP contribution in [0.2, 0.25) is 0 Å². The summed E-state index contributed by atoms with van der Waals surface area (Å²) >= 11 is 1.46. The van der Waals surface area contributed by atoms with Crippen molar-refractivity contribution < 1.29 is 4.79 Å². The highest BCUT2D eigenvalue weighted by Gasteiger charge is 2.29. The molecule has 0 unspecified atom stereocenters. The Balaban J connectivity index is 1.35. The standard InChI is InChI=1S/C22H27N9OS/c1-14-13-18(29-28-14)24-20-25-21(31-11-9-30(2)10-12-31)27-22(26-20)33-17-7-5-16(6-8-17)23-19(32)15-3-4-15/h5-8,13,15H,3-4,9-12H2,1-2H3,(H,23,32)(H2,24,25,26,27,28,29). The maximum atomic E-state index is 12.0. The third-order valence-corrected chi connectivity index (χ3v) is 6.49. The number of rotatable bonds is 7. The van der Waals surface area contributed by atoms with Crippen LogP contribution < -0.4 is 15.5 Å². The molecule has 1 amide bonds. The lowest BCUT2D eigenvalue weighted by atomic mass is 10.3. The number of carbonyl (C=O) groups is 1. The van der Waals surface area contributed by atoms with E-state index in [0.29, 0.717) is 22.9 Å². The number of aromatic amines is 1. The van der Waals surface area contributed by atoms with Gasteiger partial charge in [0.2, 0.25) is 17.8 Å². The molecule has 1 aliphatic heterocycles. The van der Waals surface area contributed by atoms with Gasteiger partial charge in [-0.2, -0.15) is 20.1 Å². The number of nitrogens with zero attached hydrogens (tertiary/aromatic N) is 6. The van der Waals surface area contributed by atoms with E-state index in [4.69, 9.17) is 4.98 Å². The summed E-state index contributed by atoms with van der Waals surface area (Å²) in [6.07, 6.45) is 1.98. The lowest BCUT2D eigenvalue weighted by Crippen LogP contribution is -2.45. The Morgan fingerprint density at radius 3 is 2.52 bits per heavy atom. The summed E-state index contributed by atoms with van der Waals surface area (Å²) in [6.45, 7) is 5.59. The molecule has 3 N–H and O–H groups in total. The highest BCUT2D eigenvalue weighted by atomic mass is 32.2. The van der Waals surface area contributed by atoms with E-state index in [1.54, 1.807) is 0 Å². The van der Waals surface area contributed by atoms with Crippen LogP contribution in [0.4, 0.5) is 23.4 Å². The van der Waals surface area contributed by atoms with Crippen molar-refractivity contribution in [3.8, 4) is 0 Å². The molecule has 1 aromatic carbocycles. The fourth-order valence-electron chi connectivity index (χ4n) is 3.49. The molecule has 0 atom stereocenters. The van der Waals surface area contributed by atoms with Gasteiger partial charge in [-0.05, 0) is 62.8 Å². The molecule has 2 fully saturated rings. The Labute approximate surface area is 196 Å². The molecule has 172 valence electrons. The van der Waals surface area contributed by atoms with E-state index in [1.807, 2.05) is 37.3 Å². The molecule has 3 aromatic rings. The van der Waals surface area contributed by atoms with Gasteiger partial charge in [0, 0.05) is 54.4 Å². The van der Waals surface area contributed by atoms with Crippen molar-refractivity contribution in [3.05, 3.63) is 36.0 Å². The number of hydrogen-bond donors (Lipinski definition) is 3. The number of amides is 1. The predicted octanol–water partition coefficient (Wildman–Crippen LogP) is 2.90. The summed E-state index contributed by atoms with van der Waals surface area (Å²) in [4.78, 5) is 31.5. The normalized spacial score (nSPS) is 16.6. The number of aryl methyl sites for hydroxylation is 1. The average Bonchev–Trinajstić information content (AvgIpc) is 3.58. The third kappa shape index (κ3) is 5.60. The molecule has 1 saturated carbocycles. The summed E-state index contributed by atoms with van der Waals surface area (Å²) in [5, 5.41) is 13.9. The highest BCUT2D eigenvalue weighted by Crippen LogP contribution is 2.31. The van der Waals surface area contributed by atoms with Gasteiger partial charge in [0.15, 0.2) is 11.0 Å². The van der Waals surface area contributed by atoms with Gasteiger partial charge in [0.1, 0.15) is 0 Å². The van der Waals surface area contributed by atoms with E-state index in [-0.39, 0.29) is 11.8 Å². The topological polar surface area (TPSA) is 115 Å². The third-order valence-electron chi connectivity index (χ3n) is 5.61. The van der Waals surface area contributed by atoms with E-state index in [1.165, 1.54) is 11.8 Å². The van der Waals surface area contributed by atoms with Gasteiger partial charge in [-0.25, -0.2) is 0 Å². The predicted molar refractivity (Wildman–Crippen MR) is 128 cm³/mol. The van der Waals surface area contributed by atoms with Crippen molar-refractivity contribution in [2.24, 2.45) is 5.92 Å². The van der Waals surface area contributed by atoms with Crippen LogP contribution in [0.3, 0.4) is 0 Å². The zero-order valence-corrected chi connectivity index (χ0v) is 19.5. The molecule has 0 bridgehead atoms. The number of aromatic nitrogens is 5. The number of H-pyrrole nitrogens is 1. The fourth-order valence-corrected chi connectivity index (χ4v) is 4.24. The van der Waals surface area contributed by atoms with Crippen molar-refractivity contribution in [2.75, 3.05) is 48.8 Å². The molecule has 3 heterocycles. The first-order chi connectivity index (χ1) is 16.0. The molecule has 2 aliphatic rings. The van der Waals surface area contributed by atoms with Gasteiger partial charge < -0.3 is 20.4 Å². The number of benzene rings is 1. The summed E-state index contributed by atoms with van der Waals surface area (Å²) < 4.78 is 0. The second kappa shape index (κ2) is 9.36. The second-order valence-electron chi connectivity index (χ2n) is 8.48. The van der Waals surface area contributed by atoms with Crippen molar-refractivity contribution in [2.45, 2.75) is 29.8 Å². The van der Waals surface area contributed by atoms with Gasteiger partial charge in [0.25, 0.3) is 0 Å². The lowest BCUT2D eigenvalue weighted by molar-refractivity contribution is -0.117. The number of carbonyl (C=O) groups excluding carboxylic acids is 1. The van der Waals surface area contributed by atoms with Gasteiger partial charge in [-0.15, -0.1) is 0 Å². The number of anilines is 4. The first kappa shape index (κ1) is 21.7. The first-order valence-corrected chi connectivity index (χ1v) is 11.9. The summed E-state index contributed by atoms with van der Waals surface area (Å²) in [7, 11) is 2.12. The van der Waals surface area contributed by atoms with Crippen LogP contribution in [-0.2, 0) is 4.79 Å². The van der Waals surface area contributed by atoms with Crippen molar-refractivity contribution in [1.29, 1.82) is 0 Å². The van der Waals surface area contributed by atoms with E-state index in [0.717, 1.165) is 55.3 Å². The zero-order valence-electron chi connectivity index (χ0n) is 18.7. The molecule has 11 heteroatoms. The molecule has 0 radical (unpaired) electrons. The van der Waals surface area contributed by atoms with E-state index < -0.39 is 0 Å². The molecule has 0 spiro atoms. The summed E-state index contributed by atoms with van der Waals surface area (Å²) in [5.74, 6) is 2.06. The quantitative estimate of drug-likeness (QED) is 0.484. The lowest BCUT2D eigenvalue weighted by Gasteiger charge is -2.32. The maximum absolute atomic E-state index is 12.0. The van der Waals surface area contributed by atoms with Crippen LogP contribution in [0.1, 0.15) is 18.5 Å². The first-order valence-electron chi connectivity index (χ1n) is 11.1. The second-order valence-corrected chi connectivity index (χ2v) is 9.52. The van der Waals surface area contributed by atoms with Crippen LogP contribution in [-0.4, -0.2) is 69.2 Å². The fraction of sp³-hybridized carbons (Fsp3) is 0.409. The smallest absolute Gasteiger partial charge is 0.234 e. The maximum Gasteiger partial charge on any atom is 0.234 e. The Bertz CT molecular complexity index is 1120. The van der Waals surface area contributed by atoms with Gasteiger partial charge >= 0.3 is 0 Å². The average molecular weight is 466 g/mol. The molecule has 1 saturated heterocycles. The molecule has 33 heavy (non-hydrogen) atoms. The monoisotopic (exact) mass is 465 g/mol. The molecule has 1 aliphatic carbocycles. The molecule has 5 rings (SSSR count). The van der Waals surface area contributed by atoms with Crippen LogP contribution >= 0.6 is 11.8 Å². The highest BCUT2D eigenvalue weighted by molar-refractivity contribution is 7.99. The largest absolute Gasteiger partial charge is 0.338 e. The van der Waals surface area contributed by atoms with Gasteiger partial charge in [-0.3, -0.25) is 9.89 Å². The molecular weight excluding hydrogens is 438 g/mol. The number of hydrogen-bond acceptors (Lipinski definition) is 9. The molecule has 2 aromatic heterocycles. The van der Waals surface area contributed by atoms with Crippen molar-refractivity contribution in [1.82, 2.24) is 30.0 Å². The minimum absolute atomic E-state index is 0.106. The van der Waals surface area contributed by atoms with Crippen molar-refractivity contribution >= 4 is 41.1 Å². The van der Waals surface area contributed by atoms with Crippen LogP contribution in [0.15, 0.2) is 40.4 Å². The van der Waals surface area contributed by atoms with E-state index in [9.17, 15) is 4.79 Å². The van der Waals surface area contributed by atoms with Crippen LogP contribution in [0.25, 0.3) is 0 Å². The Kier molecular flexibility index (Phi) is 6.14. The Hall–Kier alpha value is -3.18. The summed E-state index contributed by atoms with van der Waals surface area (Å²) in [6, 6.07) is 9.67. The van der Waals surface area contributed by atoms with E-state index in [2.05, 4.69) is 47.6 Å².